The van der Waals surface area contributed by atoms with E-state index in [0.29, 0.717) is 12.1 Å². The van der Waals surface area contributed by atoms with Crippen LogP contribution in [0.2, 0.25) is 0 Å². The molecule has 32 heavy (non-hydrogen) atoms. The van der Waals surface area contributed by atoms with Gasteiger partial charge in [-0.2, -0.15) is 5.10 Å². The zero-order chi connectivity index (χ0) is 22.2. The monoisotopic (exact) mass is 428 g/mol. The predicted molar refractivity (Wildman–Crippen MR) is 125 cm³/mol. The Bertz CT molecular complexity index is 1080. The first-order chi connectivity index (χ1) is 15.7. The Kier molecular flexibility index (Phi) is 7.28. The smallest absolute Gasteiger partial charge is 0.251 e. The summed E-state index contributed by atoms with van der Waals surface area (Å²) in [7, 11) is 0. The van der Waals surface area contributed by atoms with Crippen LogP contribution in [0.15, 0.2) is 61.2 Å². The molecule has 1 amide bonds. The van der Waals surface area contributed by atoms with Gasteiger partial charge in [-0.25, -0.2) is 4.68 Å². The van der Waals surface area contributed by atoms with Crippen LogP contribution in [0, 0.1) is 11.8 Å². The third-order valence-corrected chi connectivity index (χ3v) is 5.64. The van der Waals surface area contributed by atoms with Gasteiger partial charge in [0.2, 0.25) is 0 Å². The number of pyridine rings is 1. The third kappa shape index (κ3) is 5.61. The molecule has 4 rings (SSSR count). The summed E-state index contributed by atoms with van der Waals surface area (Å²) in [5.74, 6) is 6.23. The zero-order valence-corrected chi connectivity index (χ0v) is 18.4. The van der Waals surface area contributed by atoms with Gasteiger partial charge in [0, 0.05) is 75.2 Å². The van der Waals surface area contributed by atoms with Crippen LogP contribution in [0.1, 0.15) is 28.4 Å². The van der Waals surface area contributed by atoms with Crippen LogP contribution in [0.5, 0.6) is 0 Å². The average Bonchev–Trinajstić information content (AvgIpc) is 3.38. The maximum Gasteiger partial charge on any atom is 0.251 e. The van der Waals surface area contributed by atoms with Crippen LogP contribution < -0.4 is 5.32 Å². The first-order valence-electron chi connectivity index (χ1n) is 11.0. The molecule has 1 fully saturated rings. The van der Waals surface area contributed by atoms with E-state index in [1.807, 2.05) is 42.6 Å². The molecule has 7 nitrogen and oxygen atoms in total. The van der Waals surface area contributed by atoms with Crippen molar-refractivity contribution in [1.29, 1.82) is 0 Å². The zero-order valence-electron chi connectivity index (χ0n) is 18.4. The number of carbonyl (C=O) groups excluding carboxylic acids is 1. The summed E-state index contributed by atoms with van der Waals surface area (Å²) < 4.78 is 1.75. The first kappa shape index (κ1) is 21.8. The second-order valence-corrected chi connectivity index (χ2v) is 7.71. The number of rotatable bonds is 6. The molecule has 0 unspecified atom stereocenters. The van der Waals surface area contributed by atoms with Gasteiger partial charge in [0.1, 0.15) is 0 Å². The van der Waals surface area contributed by atoms with E-state index in [1.165, 1.54) is 0 Å². The standard InChI is InChI=1S/C25H28N6O/c1-2-29-15-17-30(18-16-29)14-12-27-25(32)23-8-9-24(31-13-4-11-28-31)22(19-23)7-6-21-5-3-10-26-20-21/h3-5,8-11,13,19-20H,2,12,14-18H2,1H3,(H,27,32). The number of piperazine rings is 1. The molecule has 0 spiro atoms. The number of likely N-dealkylation sites (N-methyl/N-ethyl adjacent to an activating group) is 1. The van der Waals surface area contributed by atoms with Gasteiger partial charge in [0.15, 0.2) is 0 Å². The first-order valence-corrected chi connectivity index (χ1v) is 11.0. The number of amides is 1. The van der Waals surface area contributed by atoms with Gasteiger partial charge in [-0.05, 0) is 42.9 Å². The van der Waals surface area contributed by atoms with Crippen molar-refractivity contribution in [3.63, 3.8) is 0 Å². The van der Waals surface area contributed by atoms with Gasteiger partial charge in [0.25, 0.3) is 5.91 Å². The fourth-order valence-electron chi connectivity index (χ4n) is 3.72. The summed E-state index contributed by atoms with van der Waals surface area (Å²) in [5.41, 5.74) is 2.97. The molecular formula is C25H28N6O. The Balaban J connectivity index is 1.44. The highest BCUT2D eigenvalue weighted by Gasteiger charge is 2.15. The minimum atomic E-state index is -0.0892. The fraction of sp³-hybridized carbons (Fsp3) is 0.320. The van der Waals surface area contributed by atoms with Crippen molar-refractivity contribution in [3.05, 3.63) is 77.9 Å². The summed E-state index contributed by atoms with van der Waals surface area (Å²) in [5, 5.41) is 7.37. The normalized spacial score (nSPS) is 14.5. The van der Waals surface area contributed by atoms with E-state index in [4.69, 9.17) is 0 Å². The predicted octanol–water partition coefficient (Wildman–Crippen LogP) is 2.03. The summed E-state index contributed by atoms with van der Waals surface area (Å²) >= 11 is 0. The SMILES string of the molecule is CCN1CCN(CCNC(=O)c2ccc(-n3cccn3)c(C#Cc3cccnc3)c2)CC1. The largest absolute Gasteiger partial charge is 0.351 e. The summed E-state index contributed by atoms with van der Waals surface area (Å²) in [6.45, 7) is 9.09. The van der Waals surface area contributed by atoms with Crippen molar-refractivity contribution in [2.75, 3.05) is 45.8 Å². The maximum absolute atomic E-state index is 12.8. The van der Waals surface area contributed by atoms with Crippen LogP contribution >= 0.6 is 0 Å². The van der Waals surface area contributed by atoms with Crippen molar-refractivity contribution in [3.8, 4) is 17.5 Å². The lowest BCUT2D eigenvalue weighted by Gasteiger charge is -2.33. The molecule has 1 N–H and O–H groups in total. The van der Waals surface area contributed by atoms with E-state index in [0.717, 1.165) is 56.1 Å². The van der Waals surface area contributed by atoms with E-state index in [-0.39, 0.29) is 5.91 Å². The number of benzene rings is 1. The molecule has 1 aliphatic rings. The van der Waals surface area contributed by atoms with Gasteiger partial charge in [-0.3, -0.25) is 14.7 Å². The van der Waals surface area contributed by atoms with Crippen LogP contribution in [-0.2, 0) is 0 Å². The van der Waals surface area contributed by atoms with Crippen molar-refractivity contribution >= 4 is 5.91 Å². The Hall–Kier alpha value is -3.47. The Morgan fingerprint density at radius 1 is 1.06 bits per heavy atom. The topological polar surface area (TPSA) is 66.3 Å². The molecule has 2 aromatic heterocycles. The van der Waals surface area contributed by atoms with Gasteiger partial charge >= 0.3 is 0 Å². The molecule has 1 aromatic carbocycles. The highest BCUT2D eigenvalue weighted by atomic mass is 16.1. The number of nitrogens with one attached hydrogen (secondary N) is 1. The number of carbonyl (C=O) groups is 1. The van der Waals surface area contributed by atoms with Crippen LogP contribution in [-0.4, -0.2) is 76.3 Å². The molecule has 3 heterocycles. The van der Waals surface area contributed by atoms with Crippen molar-refractivity contribution in [2.24, 2.45) is 0 Å². The summed E-state index contributed by atoms with van der Waals surface area (Å²) in [6.07, 6.45) is 7.02. The van der Waals surface area contributed by atoms with Gasteiger partial charge in [0.05, 0.1) is 11.3 Å². The molecule has 3 aromatic rings. The second kappa shape index (κ2) is 10.7. The Morgan fingerprint density at radius 2 is 1.91 bits per heavy atom. The van der Waals surface area contributed by atoms with E-state index in [1.54, 1.807) is 23.3 Å². The maximum atomic E-state index is 12.8. The fourth-order valence-corrected chi connectivity index (χ4v) is 3.72. The summed E-state index contributed by atoms with van der Waals surface area (Å²) in [6, 6.07) is 11.2. The Labute approximate surface area is 189 Å². The molecule has 1 saturated heterocycles. The highest BCUT2D eigenvalue weighted by molar-refractivity contribution is 5.95. The van der Waals surface area contributed by atoms with E-state index in [2.05, 4.69) is 44.0 Å². The molecule has 0 bridgehead atoms. The van der Waals surface area contributed by atoms with Crippen molar-refractivity contribution in [1.82, 2.24) is 29.9 Å². The Morgan fingerprint density at radius 3 is 2.62 bits per heavy atom. The number of hydrogen-bond donors (Lipinski definition) is 1. The molecule has 0 aliphatic carbocycles. The van der Waals surface area contributed by atoms with E-state index >= 15 is 0 Å². The molecule has 164 valence electrons. The lowest BCUT2D eigenvalue weighted by molar-refractivity contribution is 0.0938. The molecule has 1 aliphatic heterocycles. The highest BCUT2D eigenvalue weighted by Crippen LogP contribution is 2.16. The van der Waals surface area contributed by atoms with E-state index in [9.17, 15) is 4.79 Å². The van der Waals surface area contributed by atoms with Gasteiger partial charge < -0.3 is 10.2 Å². The minimum absolute atomic E-state index is 0.0892. The third-order valence-electron chi connectivity index (χ3n) is 5.64. The summed E-state index contributed by atoms with van der Waals surface area (Å²) in [4.78, 5) is 21.7. The second-order valence-electron chi connectivity index (χ2n) is 7.71. The minimum Gasteiger partial charge on any atom is -0.351 e. The molecule has 0 saturated carbocycles. The molecule has 7 heteroatoms. The quantitative estimate of drug-likeness (QED) is 0.609. The number of nitrogens with zero attached hydrogens (tertiary/aromatic N) is 5. The molecule has 0 atom stereocenters. The molecule has 0 radical (unpaired) electrons. The van der Waals surface area contributed by atoms with Crippen LogP contribution in [0.25, 0.3) is 5.69 Å². The lowest BCUT2D eigenvalue weighted by atomic mass is 10.1. The van der Waals surface area contributed by atoms with E-state index < -0.39 is 0 Å². The van der Waals surface area contributed by atoms with Crippen LogP contribution in [0.3, 0.4) is 0 Å². The van der Waals surface area contributed by atoms with Gasteiger partial charge in [-0.15, -0.1) is 0 Å². The average molecular weight is 429 g/mol. The lowest BCUT2D eigenvalue weighted by Crippen LogP contribution is -2.48. The molecular weight excluding hydrogens is 400 g/mol. The van der Waals surface area contributed by atoms with Crippen molar-refractivity contribution in [2.45, 2.75) is 6.92 Å². The number of hydrogen-bond acceptors (Lipinski definition) is 5. The van der Waals surface area contributed by atoms with Gasteiger partial charge in [-0.1, -0.05) is 18.8 Å². The van der Waals surface area contributed by atoms with Crippen molar-refractivity contribution < 1.29 is 4.79 Å². The van der Waals surface area contributed by atoms with Crippen LogP contribution in [0.4, 0.5) is 0 Å². The number of aromatic nitrogens is 3.